The molecule has 0 saturated carbocycles. The van der Waals surface area contributed by atoms with Crippen molar-refractivity contribution in [2.45, 2.75) is 44.1 Å². The number of benzene rings is 1. The molecule has 3 nitrogen and oxygen atoms in total. The molecule has 120 valence electrons. The van der Waals surface area contributed by atoms with Crippen LogP contribution in [0.1, 0.15) is 37.3 Å². The molecule has 3 atom stereocenters. The van der Waals surface area contributed by atoms with E-state index in [1.54, 1.807) is 7.11 Å². The van der Waals surface area contributed by atoms with E-state index in [-0.39, 0.29) is 5.41 Å². The monoisotopic (exact) mass is 301 g/mol. The number of nitrogens with zero attached hydrogens (tertiary/aromatic N) is 1. The molecule has 1 aromatic carbocycles. The SMILES string of the molecule is C=CCC[C@]12CCN(C)C(Cc3ccc(OC)c(O)c31)C2C. The molecule has 2 aliphatic rings. The van der Waals surface area contributed by atoms with Gasteiger partial charge in [-0.3, -0.25) is 0 Å². The predicted molar refractivity (Wildman–Crippen MR) is 89.7 cm³/mol. The molecule has 3 heteroatoms. The number of fused-ring (bicyclic) bond motifs is 4. The van der Waals surface area contributed by atoms with Gasteiger partial charge in [0.1, 0.15) is 0 Å². The van der Waals surface area contributed by atoms with E-state index >= 15 is 0 Å². The van der Waals surface area contributed by atoms with E-state index in [1.807, 2.05) is 12.1 Å². The summed E-state index contributed by atoms with van der Waals surface area (Å²) in [6.07, 6.45) is 6.13. The normalized spacial score (nSPS) is 30.7. The number of likely N-dealkylation sites (N-methyl/N-ethyl adjacent to an activating group) is 1. The molecule has 22 heavy (non-hydrogen) atoms. The Bertz CT molecular complexity index is 583. The molecule has 1 aromatic rings. The maximum absolute atomic E-state index is 10.8. The Labute approximate surface area is 133 Å². The van der Waals surface area contributed by atoms with Crippen molar-refractivity contribution < 1.29 is 9.84 Å². The van der Waals surface area contributed by atoms with Crippen LogP contribution in [-0.2, 0) is 11.8 Å². The minimum absolute atomic E-state index is 0.0393. The number of ether oxygens (including phenoxy) is 1. The van der Waals surface area contributed by atoms with E-state index in [0.29, 0.717) is 23.5 Å². The second-order valence-corrected chi connectivity index (χ2v) is 6.92. The summed E-state index contributed by atoms with van der Waals surface area (Å²) < 4.78 is 5.37. The molecule has 1 aliphatic carbocycles. The lowest BCUT2D eigenvalue weighted by molar-refractivity contribution is 0.0346. The second kappa shape index (κ2) is 5.62. The van der Waals surface area contributed by atoms with Gasteiger partial charge < -0.3 is 14.7 Å². The standard InChI is InChI=1S/C19H27NO2/c1-5-6-9-19-10-11-20(3)15(13(19)2)12-14-7-8-16(22-4)18(21)17(14)19/h5,7-8,13,15,21H,1,6,9-12H2,2-4H3/t13?,15?,19-/m1/s1. The van der Waals surface area contributed by atoms with Crippen molar-refractivity contribution in [2.75, 3.05) is 20.7 Å². The van der Waals surface area contributed by atoms with Crippen LogP contribution in [0.3, 0.4) is 0 Å². The van der Waals surface area contributed by atoms with E-state index in [2.05, 4.69) is 31.5 Å². The van der Waals surface area contributed by atoms with E-state index in [0.717, 1.165) is 37.8 Å². The molecule has 1 N–H and O–H groups in total. The number of aromatic hydroxyl groups is 1. The fourth-order valence-electron chi connectivity index (χ4n) is 4.77. The van der Waals surface area contributed by atoms with Crippen LogP contribution in [-0.4, -0.2) is 36.8 Å². The number of hydrogen-bond donors (Lipinski definition) is 1. The molecule has 1 saturated heterocycles. The maximum Gasteiger partial charge on any atom is 0.161 e. The van der Waals surface area contributed by atoms with Crippen LogP contribution in [0.2, 0.25) is 0 Å². The van der Waals surface area contributed by atoms with Gasteiger partial charge in [0.25, 0.3) is 0 Å². The summed E-state index contributed by atoms with van der Waals surface area (Å²) in [4.78, 5) is 2.49. The first-order valence-electron chi connectivity index (χ1n) is 8.25. The smallest absolute Gasteiger partial charge is 0.161 e. The van der Waals surface area contributed by atoms with Gasteiger partial charge in [-0.15, -0.1) is 6.58 Å². The first-order chi connectivity index (χ1) is 10.5. The van der Waals surface area contributed by atoms with Crippen LogP contribution in [0.25, 0.3) is 0 Å². The number of phenols is 1. The number of piperidine rings is 1. The summed E-state index contributed by atoms with van der Waals surface area (Å²) in [6, 6.07) is 4.61. The zero-order valence-electron chi connectivity index (χ0n) is 13.9. The Morgan fingerprint density at radius 2 is 2.27 bits per heavy atom. The van der Waals surface area contributed by atoms with Gasteiger partial charge in [0.2, 0.25) is 0 Å². The van der Waals surface area contributed by atoms with Crippen LogP contribution < -0.4 is 4.74 Å². The Balaban J connectivity index is 2.18. The van der Waals surface area contributed by atoms with Crippen molar-refractivity contribution in [1.29, 1.82) is 0 Å². The summed E-state index contributed by atoms with van der Waals surface area (Å²) >= 11 is 0. The summed E-state index contributed by atoms with van der Waals surface area (Å²) in [5, 5.41) is 10.8. The number of allylic oxidation sites excluding steroid dienone is 1. The van der Waals surface area contributed by atoms with Crippen molar-refractivity contribution in [2.24, 2.45) is 5.92 Å². The molecular formula is C19H27NO2. The van der Waals surface area contributed by atoms with Crippen molar-refractivity contribution >= 4 is 0 Å². The minimum atomic E-state index is 0.0393. The topological polar surface area (TPSA) is 32.7 Å². The lowest BCUT2D eigenvalue weighted by Gasteiger charge is -2.55. The lowest BCUT2D eigenvalue weighted by atomic mass is 9.56. The van der Waals surface area contributed by atoms with Crippen LogP contribution >= 0.6 is 0 Å². The maximum atomic E-state index is 10.8. The molecule has 0 spiro atoms. The number of phenolic OH excluding ortho intramolecular Hbond substituents is 1. The molecule has 2 unspecified atom stereocenters. The molecule has 0 radical (unpaired) electrons. The number of likely N-dealkylation sites (tertiary alicyclic amines) is 1. The Morgan fingerprint density at radius 3 is 2.95 bits per heavy atom. The Morgan fingerprint density at radius 1 is 1.50 bits per heavy atom. The van der Waals surface area contributed by atoms with Crippen LogP contribution in [0, 0.1) is 5.92 Å². The van der Waals surface area contributed by atoms with Gasteiger partial charge in [-0.2, -0.15) is 0 Å². The van der Waals surface area contributed by atoms with Gasteiger partial charge in [-0.25, -0.2) is 0 Å². The number of rotatable bonds is 4. The zero-order chi connectivity index (χ0) is 15.9. The molecule has 2 bridgehead atoms. The highest BCUT2D eigenvalue weighted by atomic mass is 16.5. The highest BCUT2D eigenvalue weighted by Crippen LogP contribution is 2.55. The highest BCUT2D eigenvalue weighted by molar-refractivity contribution is 5.56. The van der Waals surface area contributed by atoms with Gasteiger partial charge in [0, 0.05) is 17.0 Å². The number of hydrogen-bond acceptors (Lipinski definition) is 3. The Kier molecular flexibility index (Phi) is 3.94. The van der Waals surface area contributed by atoms with E-state index in [4.69, 9.17) is 4.74 Å². The van der Waals surface area contributed by atoms with Crippen LogP contribution in [0.4, 0.5) is 0 Å². The van der Waals surface area contributed by atoms with E-state index in [1.165, 1.54) is 5.56 Å². The largest absolute Gasteiger partial charge is 0.504 e. The van der Waals surface area contributed by atoms with Gasteiger partial charge in [0.05, 0.1) is 7.11 Å². The van der Waals surface area contributed by atoms with Crippen LogP contribution in [0.15, 0.2) is 24.8 Å². The minimum Gasteiger partial charge on any atom is -0.504 e. The van der Waals surface area contributed by atoms with Gasteiger partial charge in [-0.05, 0) is 56.8 Å². The third kappa shape index (κ3) is 2.06. The van der Waals surface area contributed by atoms with Gasteiger partial charge in [-0.1, -0.05) is 19.1 Å². The molecule has 1 heterocycles. The van der Waals surface area contributed by atoms with Crippen molar-refractivity contribution in [3.63, 3.8) is 0 Å². The van der Waals surface area contributed by atoms with Crippen molar-refractivity contribution in [1.82, 2.24) is 4.90 Å². The van der Waals surface area contributed by atoms with E-state index < -0.39 is 0 Å². The highest BCUT2D eigenvalue weighted by Gasteiger charge is 2.51. The average Bonchev–Trinajstić information content (AvgIpc) is 2.51. The second-order valence-electron chi connectivity index (χ2n) is 6.92. The van der Waals surface area contributed by atoms with Crippen molar-refractivity contribution in [3.05, 3.63) is 35.9 Å². The average molecular weight is 301 g/mol. The summed E-state index contributed by atoms with van der Waals surface area (Å²) in [5.74, 6) is 1.48. The van der Waals surface area contributed by atoms with Crippen LogP contribution in [0.5, 0.6) is 11.5 Å². The third-order valence-electron chi connectivity index (χ3n) is 6.09. The fourth-order valence-corrected chi connectivity index (χ4v) is 4.77. The van der Waals surface area contributed by atoms with Gasteiger partial charge in [0.15, 0.2) is 11.5 Å². The zero-order valence-corrected chi connectivity index (χ0v) is 13.9. The summed E-state index contributed by atoms with van der Waals surface area (Å²) in [5.41, 5.74) is 2.47. The summed E-state index contributed by atoms with van der Waals surface area (Å²) in [6.45, 7) is 7.34. The molecule has 3 rings (SSSR count). The summed E-state index contributed by atoms with van der Waals surface area (Å²) in [7, 11) is 3.86. The first kappa shape index (κ1) is 15.4. The molecular weight excluding hydrogens is 274 g/mol. The molecule has 1 aliphatic heterocycles. The third-order valence-corrected chi connectivity index (χ3v) is 6.09. The quantitative estimate of drug-likeness (QED) is 0.864. The molecule has 1 fully saturated rings. The molecule has 0 amide bonds. The molecule has 0 aromatic heterocycles. The lowest BCUT2D eigenvalue weighted by Crippen LogP contribution is -2.57. The first-order valence-corrected chi connectivity index (χ1v) is 8.25. The fraction of sp³-hybridized carbons (Fsp3) is 0.579. The predicted octanol–water partition coefficient (Wildman–Crippen LogP) is 3.50. The van der Waals surface area contributed by atoms with Crippen molar-refractivity contribution in [3.8, 4) is 11.5 Å². The Hall–Kier alpha value is -1.48. The number of methoxy groups -OCH3 is 1. The van der Waals surface area contributed by atoms with E-state index in [9.17, 15) is 5.11 Å². The van der Waals surface area contributed by atoms with Gasteiger partial charge >= 0.3 is 0 Å².